The minimum Gasteiger partial charge on any atom is -0.423 e. The Labute approximate surface area is 82.0 Å². The fourth-order valence-electron chi connectivity index (χ4n) is 1.02. The highest BCUT2D eigenvalue weighted by Gasteiger charge is 2.15. The molecule has 3 N–H and O–H groups in total. The predicted molar refractivity (Wildman–Crippen MR) is 55.1 cm³/mol. The van der Waals surface area contributed by atoms with Gasteiger partial charge in [-0.05, 0) is 12.1 Å². The van der Waals surface area contributed by atoms with Crippen LogP contribution < -0.4 is 10.8 Å². The smallest absolute Gasteiger partial charge is 0.423 e. The maximum Gasteiger partial charge on any atom is 0.490 e. The van der Waals surface area contributed by atoms with E-state index in [-0.39, 0.29) is 5.46 Å². The SMILES string of the molecule is C=CC(=O)Nc1ccccc1B(O)O. The van der Waals surface area contributed by atoms with Crippen molar-refractivity contribution >= 4 is 24.2 Å². The summed E-state index contributed by atoms with van der Waals surface area (Å²) in [7, 11) is -1.60. The molecular formula is C9H10BNO3. The van der Waals surface area contributed by atoms with Crippen molar-refractivity contribution in [3.63, 3.8) is 0 Å². The van der Waals surface area contributed by atoms with Crippen LogP contribution in [0.1, 0.15) is 0 Å². The molecule has 1 aromatic rings. The van der Waals surface area contributed by atoms with E-state index in [1.165, 1.54) is 6.07 Å². The molecule has 0 radical (unpaired) electrons. The fourth-order valence-corrected chi connectivity index (χ4v) is 1.02. The summed E-state index contributed by atoms with van der Waals surface area (Å²) in [6, 6.07) is 6.43. The van der Waals surface area contributed by atoms with E-state index in [1.54, 1.807) is 18.2 Å². The van der Waals surface area contributed by atoms with Crippen LogP contribution in [0.25, 0.3) is 0 Å². The van der Waals surface area contributed by atoms with E-state index in [0.29, 0.717) is 5.69 Å². The van der Waals surface area contributed by atoms with Crippen molar-refractivity contribution in [2.45, 2.75) is 0 Å². The van der Waals surface area contributed by atoms with Gasteiger partial charge in [-0.3, -0.25) is 4.79 Å². The monoisotopic (exact) mass is 191 g/mol. The summed E-state index contributed by atoms with van der Waals surface area (Å²) >= 11 is 0. The minimum atomic E-state index is -1.60. The van der Waals surface area contributed by atoms with E-state index < -0.39 is 13.0 Å². The van der Waals surface area contributed by atoms with Crippen LogP contribution in [0.2, 0.25) is 0 Å². The van der Waals surface area contributed by atoms with Gasteiger partial charge in [0.15, 0.2) is 0 Å². The minimum absolute atomic E-state index is 0.253. The zero-order valence-electron chi connectivity index (χ0n) is 7.47. The van der Waals surface area contributed by atoms with Crippen molar-refractivity contribution in [2.24, 2.45) is 0 Å². The molecule has 5 heteroatoms. The van der Waals surface area contributed by atoms with Crippen LogP contribution in [0.5, 0.6) is 0 Å². The Morgan fingerprint density at radius 3 is 2.64 bits per heavy atom. The first-order chi connectivity index (χ1) is 6.65. The first kappa shape index (κ1) is 10.5. The van der Waals surface area contributed by atoms with Gasteiger partial charge in [0.1, 0.15) is 0 Å². The number of nitrogens with one attached hydrogen (secondary N) is 1. The Morgan fingerprint density at radius 1 is 1.43 bits per heavy atom. The molecule has 0 fully saturated rings. The Hall–Kier alpha value is -1.59. The van der Waals surface area contributed by atoms with Gasteiger partial charge in [0, 0.05) is 11.2 Å². The van der Waals surface area contributed by atoms with E-state index in [9.17, 15) is 4.79 Å². The van der Waals surface area contributed by atoms with Gasteiger partial charge < -0.3 is 15.4 Å². The van der Waals surface area contributed by atoms with Crippen molar-refractivity contribution in [1.29, 1.82) is 0 Å². The van der Waals surface area contributed by atoms with Gasteiger partial charge in [-0.1, -0.05) is 24.8 Å². The summed E-state index contributed by atoms with van der Waals surface area (Å²) in [4.78, 5) is 11.0. The Morgan fingerprint density at radius 2 is 2.07 bits per heavy atom. The molecule has 0 unspecified atom stereocenters. The van der Waals surface area contributed by atoms with E-state index in [1.807, 2.05) is 0 Å². The third-order valence-corrected chi connectivity index (χ3v) is 1.68. The number of hydrogen-bond acceptors (Lipinski definition) is 3. The van der Waals surface area contributed by atoms with E-state index in [0.717, 1.165) is 6.08 Å². The van der Waals surface area contributed by atoms with Crippen molar-refractivity contribution in [1.82, 2.24) is 0 Å². The van der Waals surface area contributed by atoms with Crippen LogP contribution in [-0.2, 0) is 4.79 Å². The molecule has 4 nitrogen and oxygen atoms in total. The van der Waals surface area contributed by atoms with Gasteiger partial charge >= 0.3 is 7.12 Å². The third-order valence-electron chi connectivity index (χ3n) is 1.68. The standard InChI is InChI=1S/C9H10BNO3/c1-2-9(12)11-8-6-4-3-5-7(8)10(13)14/h2-6,13-14H,1H2,(H,11,12). The third kappa shape index (κ3) is 2.45. The molecule has 0 bridgehead atoms. The summed E-state index contributed by atoms with van der Waals surface area (Å²) in [6.07, 6.45) is 1.11. The number of hydrogen-bond donors (Lipinski definition) is 3. The highest BCUT2D eigenvalue weighted by atomic mass is 16.4. The molecule has 1 amide bonds. The molecule has 0 atom stereocenters. The molecule has 0 aliphatic carbocycles. The summed E-state index contributed by atoms with van der Waals surface area (Å²) in [5.74, 6) is -0.391. The van der Waals surface area contributed by atoms with Crippen molar-refractivity contribution in [2.75, 3.05) is 5.32 Å². The topological polar surface area (TPSA) is 69.6 Å². The number of carbonyl (C=O) groups excluding carboxylic acids is 1. The van der Waals surface area contributed by atoms with Crippen molar-refractivity contribution in [3.05, 3.63) is 36.9 Å². The van der Waals surface area contributed by atoms with Gasteiger partial charge in [0.05, 0.1) is 0 Å². The second-order valence-corrected chi connectivity index (χ2v) is 2.65. The number of rotatable bonds is 3. The number of para-hydroxylation sites is 1. The average Bonchev–Trinajstić information content (AvgIpc) is 2.18. The molecular weight excluding hydrogens is 181 g/mol. The molecule has 72 valence electrons. The van der Waals surface area contributed by atoms with E-state index in [2.05, 4.69) is 11.9 Å². The van der Waals surface area contributed by atoms with Crippen LogP contribution in [-0.4, -0.2) is 23.1 Å². The van der Waals surface area contributed by atoms with E-state index in [4.69, 9.17) is 10.0 Å². The second-order valence-electron chi connectivity index (χ2n) is 2.65. The first-order valence-electron chi connectivity index (χ1n) is 4.03. The van der Waals surface area contributed by atoms with Crippen molar-refractivity contribution in [3.8, 4) is 0 Å². The van der Waals surface area contributed by atoms with Crippen LogP contribution >= 0.6 is 0 Å². The number of carbonyl (C=O) groups is 1. The zero-order chi connectivity index (χ0) is 10.6. The Balaban J connectivity index is 2.95. The molecule has 0 spiro atoms. The van der Waals surface area contributed by atoms with Crippen molar-refractivity contribution < 1.29 is 14.8 Å². The largest absolute Gasteiger partial charge is 0.490 e. The zero-order valence-corrected chi connectivity index (χ0v) is 7.47. The first-order valence-corrected chi connectivity index (χ1v) is 4.03. The van der Waals surface area contributed by atoms with Gasteiger partial charge in [0.2, 0.25) is 5.91 Å². The molecule has 1 rings (SSSR count). The predicted octanol–water partition coefficient (Wildman–Crippen LogP) is -0.509. The fraction of sp³-hybridized carbons (Fsp3) is 0. The molecule has 0 saturated carbocycles. The maximum absolute atomic E-state index is 11.0. The maximum atomic E-state index is 11.0. The lowest BCUT2D eigenvalue weighted by Gasteiger charge is -2.08. The normalized spacial score (nSPS) is 9.29. The highest BCUT2D eigenvalue weighted by Crippen LogP contribution is 2.03. The lowest BCUT2D eigenvalue weighted by molar-refractivity contribution is -0.111. The van der Waals surface area contributed by atoms with Gasteiger partial charge in [-0.2, -0.15) is 0 Å². The quantitative estimate of drug-likeness (QED) is 0.445. The van der Waals surface area contributed by atoms with Crippen LogP contribution in [0.15, 0.2) is 36.9 Å². The molecule has 0 aromatic heterocycles. The van der Waals surface area contributed by atoms with Gasteiger partial charge in [0.25, 0.3) is 0 Å². The number of benzene rings is 1. The molecule has 0 saturated heterocycles. The lowest BCUT2D eigenvalue weighted by Crippen LogP contribution is -2.33. The number of anilines is 1. The summed E-state index contributed by atoms with van der Waals surface area (Å²) in [5, 5.41) is 20.4. The molecule has 1 aromatic carbocycles. The van der Waals surface area contributed by atoms with Gasteiger partial charge in [-0.25, -0.2) is 0 Å². The Bertz CT molecular complexity index is 352. The summed E-state index contributed by atoms with van der Waals surface area (Å²) in [6.45, 7) is 3.29. The second kappa shape index (κ2) is 4.60. The molecule has 0 heterocycles. The van der Waals surface area contributed by atoms with E-state index >= 15 is 0 Å². The highest BCUT2D eigenvalue weighted by molar-refractivity contribution is 6.60. The average molecular weight is 191 g/mol. The molecule has 0 aliphatic heterocycles. The van der Waals surface area contributed by atoms with Crippen LogP contribution in [0, 0.1) is 0 Å². The Kier molecular flexibility index (Phi) is 3.44. The van der Waals surface area contributed by atoms with Crippen LogP contribution in [0.3, 0.4) is 0 Å². The molecule has 14 heavy (non-hydrogen) atoms. The molecule has 0 aliphatic rings. The summed E-state index contributed by atoms with van der Waals surface area (Å²) < 4.78 is 0. The number of amides is 1. The summed E-state index contributed by atoms with van der Waals surface area (Å²) in [5.41, 5.74) is 0.620. The lowest BCUT2D eigenvalue weighted by atomic mass is 9.79. The van der Waals surface area contributed by atoms with Crippen LogP contribution in [0.4, 0.5) is 5.69 Å². The van der Waals surface area contributed by atoms with Gasteiger partial charge in [-0.15, -0.1) is 0 Å².